The lowest BCUT2D eigenvalue weighted by Crippen LogP contribution is -2.51. The first kappa shape index (κ1) is 27.4. The number of carbonyl (C=O) groups excluding carboxylic acids is 2. The van der Waals surface area contributed by atoms with Gasteiger partial charge in [0.15, 0.2) is 0 Å². The zero-order valence-corrected chi connectivity index (χ0v) is 22.6. The Bertz CT molecular complexity index is 1100. The summed E-state index contributed by atoms with van der Waals surface area (Å²) in [5, 5.41) is 3.27. The summed E-state index contributed by atoms with van der Waals surface area (Å²) >= 11 is 0. The van der Waals surface area contributed by atoms with Crippen LogP contribution < -0.4 is 10.1 Å². The van der Waals surface area contributed by atoms with Gasteiger partial charge in [-0.3, -0.25) is 9.59 Å². The Morgan fingerprint density at radius 2 is 1.45 bits per heavy atom. The fourth-order valence-electron chi connectivity index (χ4n) is 5.48. The summed E-state index contributed by atoms with van der Waals surface area (Å²) in [7, 11) is 1.64. The summed E-state index contributed by atoms with van der Waals surface area (Å²) in [6.45, 7) is 2.36. The molecule has 5 nitrogen and oxygen atoms in total. The van der Waals surface area contributed by atoms with Gasteiger partial charge >= 0.3 is 0 Å². The Morgan fingerprint density at radius 1 is 0.868 bits per heavy atom. The normalized spacial score (nSPS) is 14.6. The Labute approximate surface area is 227 Å². The lowest BCUT2D eigenvalue weighted by atomic mass is 9.88. The van der Waals surface area contributed by atoms with Crippen molar-refractivity contribution in [1.82, 2.24) is 10.2 Å². The van der Waals surface area contributed by atoms with Gasteiger partial charge in [-0.15, -0.1) is 0 Å². The van der Waals surface area contributed by atoms with Gasteiger partial charge in [0.1, 0.15) is 11.8 Å². The Morgan fingerprint density at radius 3 is 1.97 bits per heavy atom. The summed E-state index contributed by atoms with van der Waals surface area (Å²) in [6.07, 6.45) is 6.39. The Balaban J connectivity index is 1.62. The minimum absolute atomic E-state index is 0.0239. The molecule has 1 aliphatic rings. The van der Waals surface area contributed by atoms with E-state index in [2.05, 4.69) is 29.6 Å². The van der Waals surface area contributed by atoms with E-state index in [0.29, 0.717) is 13.0 Å². The standard InChI is InChI=1S/C33H40N2O3/c1-3-31(33(37)34-28-17-11-6-12-18-28)35(24-25-19-21-29(38-2)22-20-25)32(36)23-30(26-13-7-4-8-14-26)27-15-9-5-10-16-27/h4-5,7-10,13-16,19-22,28,30-31H,3,6,11-12,17-18,23-24H2,1-2H3,(H,34,37)/t31-/m0/s1. The lowest BCUT2D eigenvalue weighted by Gasteiger charge is -2.34. The van der Waals surface area contributed by atoms with Crippen molar-refractivity contribution in [2.24, 2.45) is 0 Å². The predicted octanol–water partition coefficient (Wildman–Crippen LogP) is 6.47. The SMILES string of the molecule is CC[C@@H](C(=O)NC1CCCCC1)N(Cc1ccc(OC)cc1)C(=O)CC(c1ccccc1)c1ccccc1. The number of rotatable bonds is 11. The van der Waals surface area contributed by atoms with Crippen LogP contribution in [0.4, 0.5) is 0 Å². The molecule has 0 saturated heterocycles. The average molecular weight is 513 g/mol. The second kappa shape index (κ2) is 13.8. The van der Waals surface area contributed by atoms with Crippen LogP contribution in [0.25, 0.3) is 0 Å². The molecule has 200 valence electrons. The van der Waals surface area contributed by atoms with Crippen molar-refractivity contribution < 1.29 is 14.3 Å². The molecule has 0 heterocycles. The molecule has 0 aliphatic heterocycles. The van der Waals surface area contributed by atoms with Gasteiger partial charge in [-0.25, -0.2) is 0 Å². The van der Waals surface area contributed by atoms with Crippen LogP contribution in [0.5, 0.6) is 5.75 Å². The molecule has 2 amide bonds. The smallest absolute Gasteiger partial charge is 0.243 e. The molecule has 3 aromatic carbocycles. The minimum Gasteiger partial charge on any atom is -0.497 e. The molecule has 0 aromatic heterocycles. The summed E-state index contributed by atoms with van der Waals surface area (Å²) in [6, 6.07) is 27.7. The maximum atomic E-state index is 14.1. The topological polar surface area (TPSA) is 58.6 Å². The van der Waals surface area contributed by atoms with Crippen molar-refractivity contribution in [2.45, 2.75) is 76.4 Å². The molecular formula is C33H40N2O3. The highest BCUT2D eigenvalue weighted by Crippen LogP contribution is 2.30. The number of hydrogen-bond donors (Lipinski definition) is 1. The number of nitrogens with one attached hydrogen (secondary N) is 1. The van der Waals surface area contributed by atoms with Crippen molar-refractivity contribution in [1.29, 1.82) is 0 Å². The third-order valence-corrected chi connectivity index (χ3v) is 7.63. The summed E-state index contributed by atoms with van der Waals surface area (Å²) in [4.78, 5) is 29.5. The van der Waals surface area contributed by atoms with Crippen LogP contribution in [0.1, 0.15) is 74.5 Å². The van der Waals surface area contributed by atoms with Gasteiger partial charge in [0.2, 0.25) is 11.8 Å². The molecule has 5 heteroatoms. The predicted molar refractivity (Wildman–Crippen MR) is 152 cm³/mol. The molecule has 0 radical (unpaired) electrons. The summed E-state index contributed by atoms with van der Waals surface area (Å²) < 4.78 is 5.32. The zero-order chi connectivity index (χ0) is 26.7. The third-order valence-electron chi connectivity index (χ3n) is 7.63. The van der Waals surface area contributed by atoms with E-state index in [9.17, 15) is 9.59 Å². The maximum absolute atomic E-state index is 14.1. The maximum Gasteiger partial charge on any atom is 0.243 e. The van der Waals surface area contributed by atoms with Crippen LogP contribution >= 0.6 is 0 Å². The van der Waals surface area contributed by atoms with E-state index in [1.807, 2.05) is 67.6 Å². The molecule has 1 N–H and O–H groups in total. The number of carbonyl (C=O) groups is 2. The molecular weight excluding hydrogens is 472 g/mol. The van der Waals surface area contributed by atoms with Crippen LogP contribution in [0.15, 0.2) is 84.9 Å². The first-order chi connectivity index (χ1) is 18.6. The quantitative estimate of drug-likeness (QED) is 0.320. The van der Waals surface area contributed by atoms with Crippen molar-refractivity contribution >= 4 is 11.8 Å². The third kappa shape index (κ3) is 7.25. The monoisotopic (exact) mass is 512 g/mol. The second-order valence-corrected chi connectivity index (χ2v) is 10.2. The van der Waals surface area contributed by atoms with Crippen LogP contribution in [0, 0.1) is 0 Å². The molecule has 3 aromatic rings. The molecule has 0 unspecified atom stereocenters. The van der Waals surface area contributed by atoms with E-state index in [1.54, 1.807) is 12.0 Å². The fourth-order valence-corrected chi connectivity index (χ4v) is 5.48. The van der Waals surface area contributed by atoms with E-state index in [0.717, 1.165) is 48.1 Å². The number of benzene rings is 3. The molecule has 1 atom stereocenters. The number of amides is 2. The molecule has 1 fully saturated rings. The van der Waals surface area contributed by atoms with E-state index < -0.39 is 6.04 Å². The number of hydrogen-bond acceptors (Lipinski definition) is 3. The van der Waals surface area contributed by atoms with Crippen LogP contribution in [0.3, 0.4) is 0 Å². The number of methoxy groups -OCH3 is 1. The van der Waals surface area contributed by atoms with E-state index >= 15 is 0 Å². The minimum atomic E-state index is -0.529. The zero-order valence-electron chi connectivity index (χ0n) is 22.6. The van der Waals surface area contributed by atoms with Gasteiger partial charge in [0.05, 0.1) is 7.11 Å². The molecule has 0 bridgehead atoms. The second-order valence-electron chi connectivity index (χ2n) is 10.2. The van der Waals surface area contributed by atoms with Gasteiger partial charge in [0.25, 0.3) is 0 Å². The van der Waals surface area contributed by atoms with Crippen molar-refractivity contribution in [3.8, 4) is 5.75 Å². The Kier molecular flexibility index (Phi) is 9.97. The van der Waals surface area contributed by atoms with Crippen LogP contribution in [0.2, 0.25) is 0 Å². The molecule has 1 saturated carbocycles. The fraction of sp³-hybridized carbons (Fsp3) is 0.394. The van der Waals surface area contributed by atoms with Crippen molar-refractivity contribution in [2.75, 3.05) is 7.11 Å². The van der Waals surface area contributed by atoms with Crippen molar-refractivity contribution in [3.05, 3.63) is 102 Å². The summed E-state index contributed by atoms with van der Waals surface area (Å²) in [5.41, 5.74) is 3.16. The van der Waals surface area contributed by atoms with Gasteiger partial charge in [-0.05, 0) is 48.1 Å². The highest BCUT2D eigenvalue weighted by molar-refractivity contribution is 5.88. The van der Waals surface area contributed by atoms with E-state index in [4.69, 9.17) is 4.74 Å². The van der Waals surface area contributed by atoms with Gasteiger partial charge in [-0.1, -0.05) is 99.0 Å². The van der Waals surface area contributed by atoms with Gasteiger partial charge in [0, 0.05) is 24.9 Å². The van der Waals surface area contributed by atoms with Gasteiger partial charge in [-0.2, -0.15) is 0 Å². The van der Waals surface area contributed by atoms with E-state index in [1.165, 1.54) is 6.42 Å². The highest BCUT2D eigenvalue weighted by atomic mass is 16.5. The molecule has 1 aliphatic carbocycles. The van der Waals surface area contributed by atoms with Crippen LogP contribution in [-0.2, 0) is 16.1 Å². The number of ether oxygens (including phenoxy) is 1. The van der Waals surface area contributed by atoms with E-state index in [-0.39, 0.29) is 30.2 Å². The molecule has 4 rings (SSSR count). The van der Waals surface area contributed by atoms with Gasteiger partial charge < -0.3 is 15.0 Å². The van der Waals surface area contributed by atoms with Crippen LogP contribution in [-0.4, -0.2) is 35.9 Å². The highest BCUT2D eigenvalue weighted by Gasteiger charge is 2.32. The lowest BCUT2D eigenvalue weighted by molar-refractivity contribution is -0.142. The average Bonchev–Trinajstić information content (AvgIpc) is 2.97. The Hall–Kier alpha value is -3.60. The first-order valence-electron chi connectivity index (χ1n) is 13.9. The van der Waals surface area contributed by atoms with Crippen molar-refractivity contribution in [3.63, 3.8) is 0 Å². The first-order valence-corrected chi connectivity index (χ1v) is 13.9. The number of nitrogens with zero attached hydrogens (tertiary/aromatic N) is 1. The largest absolute Gasteiger partial charge is 0.497 e. The summed E-state index contributed by atoms with van der Waals surface area (Å²) in [5.74, 6) is 0.602. The molecule has 38 heavy (non-hydrogen) atoms. The molecule has 0 spiro atoms.